The second-order valence-corrected chi connectivity index (χ2v) is 3.85. The van der Waals surface area contributed by atoms with Gasteiger partial charge in [0.05, 0.1) is 13.2 Å². The number of hydrogen-bond acceptors (Lipinski definition) is 5. The summed E-state index contributed by atoms with van der Waals surface area (Å²) in [5, 5.41) is 0. The van der Waals surface area contributed by atoms with Crippen LogP contribution in [0.4, 0.5) is 4.79 Å². The van der Waals surface area contributed by atoms with E-state index in [1.807, 2.05) is 13.8 Å². The summed E-state index contributed by atoms with van der Waals surface area (Å²) < 4.78 is 10.5. The van der Waals surface area contributed by atoms with E-state index in [2.05, 4.69) is 0 Å². The molecule has 0 bridgehead atoms. The van der Waals surface area contributed by atoms with Gasteiger partial charge in [-0.25, -0.2) is 14.2 Å². The summed E-state index contributed by atoms with van der Waals surface area (Å²) in [5.41, 5.74) is -0.908. The molecule has 0 radical (unpaired) electrons. The van der Waals surface area contributed by atoms with Crippen molar-refractivity contribution in [1.29, 1.82) is 0 Å². The highest BCUT2D eigenvalue weighted by molar-refractivity contribution is 5.89. The average Bonchev–Trinajstić information content (AvgIpc) is 2.42. The van der Waals surface area contributed by atoms with Gasteiger partial charge in [0.25, 0.3) is 5.56 Å². The molecule has 0 spiro atoms. The fourth-order valence-electron chi connectivity index (χ4n) is 1.32. The zero-order valence-corrected chi connectivity index (χ0v) is 11.0. The van der Waals surface area contributed by atoms with Gasteiger partial charge < -0.3 is 9.47 Å². The van der Waals surface area contributed by atoms with E-state index in [0.29, 0.717) is 12.8 Å². The summed E-state index contributed by atoms with van der Waals surface area (Å²) in [6.07, 6.45) is 1.78. The highest BCUT2D eigenvalue weighted by Gasteiger charge is 2.16. The Morgan fingerprint density at radius 2 is 1.79 bits per heavy atom. The van der Waals surface area contributed by atoms with Crippen LogP contribution in [-0.4, -0.2) is 29.8 Å². The van der Waals surface area contributed by atoms with Gasteiger partial charge in [0.1, 0.15) is 5.56 Å². The van der Waals surface area contributed by atoms with E-state index in [9.17, 15) is 14.4 Å². The van der Waals surface area contributed by atoms with Crippen LogP contribution in [0.25, 0.3) is 0 Å². The Labute approximate surface area is 110 Å². The molecule has 1 aromatic heterocycles. The summed E-state index contributed by atoms with van der Waals surface area (Å²) in [4.78, 5) is 35.2. The van der Waals surface area contributed by atoms with E-state index in [4.69, 9.17) is 9.47 Å². The van der Waals surface area contributed by atoms with Crippen molar-refractivity contribution in [1.82, 2.24) is 4.57 Å². The van der Waals surface area contributed by atoms with E-state index >= 15 is 0 Å². The lowest BCUT2D eigenvalue weighted by atomic mass is 10.3. The Bertz CT molecular complexity index is 465. The second kappa shape index (κ2) is 7.35. The first-order valence-corrected chi connectivity index (χ1v) is 6.17. The Morgan fingerprint density at radius 3 is 2.42 bits per heavy atom. The van der Waals surface area contributed by atoms with Crippen molar-refractivity contribution >= 4 is 12.1 Å². The number of pyridine rings is 1. The molecule has 0 aromatic carbocycles. The number of aromatic nitrogens is 1. The number of hydrogen-bond donors (Lipinski definition) is 0. The molecule has 6 nitrogen and oxygen atoms in total. The third kappa shape index (κ3) is 3.94. The molecule has 0 saturated heterocycles. The number of esters is 1. The maximum absolute atomic E-state index is 11.9. The van der Waals surface area contributed by atoms with E-state index in [1.54, 1.807) is 0 Å². The molecule has 1 heterocycles. The summed E-state index contributed by atoms with van der Waals surface area (Å²) in [7, 11) is 0. The molecule has 0 aliphatic rings. The van der Waals surface area contributed by atoms with Crippen LogP contribution in [0.15, 0.2) is 23.1 Å². The van der Waals surface area contributed by atoms with Crippen LogP contribution in [0.5, 0.6) is 0 Å². The van der Waals surface area contributed by atoms with E-state index < -0.39 is 17.6 Å². The fourth-order valence-corrected chi connectivity index (χ4v) is 1.32. The molecule has 1 aromatic rings. The van der Waals surface area contributed by atoms with Crippen LogP contribution in [0, 0.1) is 0 Å². The van der Waals surface area contributed by atoms with Gasteiger partial charge in [-0.1, -0.05) is 13.8 Å². The zero-order chi connectivity index (χ0) is 14.3. The van der Waals surface area contributed by atoms with Crippen LogP contribution in [0.1, 0.15) is 37.0 Å². The fraction of sp³-hybridized carbons (Fsp3) is 0.462. The smallest absolute Gasteiger partial charge is 0.420 e. The third-order valence-electron chi connectivity index (χ3n) is 2.23. The minimum absolute atomic E-state index is 0.176. The Kier molecular flexibility index (Phi) is 5.78. The molecule has 19 heavy (non-hydrogen) atoms. The lowest BCUT2D eigenvalue weighted by Crippen LogP contribution is -2.32. The SMILES string of the molecule is CCCOC(=O)c1cccn(C(=O)OCCC)c1=O. The standard InChI is InChI=1S/C13H17NO5/c1-3-8-18-12(16)10-6-5-7-14(11(10)15)13(17)19-9-4-2/h5-7H,3-4,8-9H2,1-2H3. The van der Waals surface area contributed by atoms with Gasteiger partial charge in [0.15, 0.2) is 0 Å². The monoisotopic (exact) mass is 267 g/mol. The molecule has 1 rings (SSSR count). The van der Waals surface area contributed by atoms with Gasteiger partial charge in [-0.05, 0) is 25.0 Å². The molecule has 6 heteroatoms. The van der Waals surface area contributed by atoms with Crippen LogP contribution in [-0.2, 0) is 9.47 Å². The first kappa shape index (κ1) is 14.9. The van der Waals surface area contributed by atoms with Gasteiger partial charge in [0, 0.05) is 6.20 Å². The summed E-state index contributed by atoms with van der Waals surface area (Å²) >= 11 is 0. The van der Waals surface area contributed by atoms with Crippen molar-refractivity contribution < 1.29 is 19.1 Å². The molecule has 0 aliphatic heterocycles. The number of ether oxygens (including phenoxy) is 2. The Balaban J connectivity index is 2.95. The number of rotatable bonds is 5. The van der Waals surface area contributed by atoms with Crippen molar-refractivity contribution in [3.63, 3.8) is 0 Å². The topological polar surface area (TPSA) is 74.6 Å². The summed E-state index contributed by atoms with van der Waals surface area (Å²) in [5.74, 6) is -0.732. The van der Waals surface area contributed by atoms with Gasteiger partial charge in [0.2, 0.25) is 0 Å². The van der Waals surface area contributed by atoms with Crippen molar-refractivity contribution in [2.75, 3.05) is 13.2 Å². The molecule has 0 amide bonds. The molecule has 0 fully saturated rings. The first-order valence-electron chi connectivity index (χ1n) is 6.17. The third-order valence-corrected chi connectivity index (χ3v) is 2.23. The highest BCUT2D eigenvalue weighted by atomic mass is 16.6. The molecular weight excluding hydrogens is 250 g/mol. The minimum atomic E-state index is -0.794. The van der Waals surface area contributed by atoms with Crippen molar-refractivity contribution in [3.05, 3.63) is 34.2 Å². The van der Waals surface area contributed by atoms with E-state index in [-0.39, 0.29) is 18.8 Å². The molecule has 0 unspecified atom stereocenters. The number of carbonyl (C=O) groups excluding carboxylic acids is 2. The number of carbonyl (C=O) groups is 2. The van der Waals surface area contributed by atoms with Crippen molar-refractivity contribution in [2.45, 2.75) is 26.7 Å². The van der Waals surface area contributed by atoms with Gasteiger partial charge in [-0.15, -0.1) is 0 Å². The normalized spacial score (nSPS) is 10.0. The molecule has 0 N–H and O–H groups in total. The van der Waals surface area contributed by atoms with E-state index in [1.165, 1.54) is 18.3 Å². The number of nitrogens with zero attached hydrogens (tertiary/aromatic N) is 1. The largest absolute Gasteiger partial charge is 0.462 e. The minimum Gasteiger partial charge on any atom is -0.462 e. The van der Waals surface area contributed by atoms with Crippen LogP contribution < -0.4 is 5.56 Å². The van der Waals surface area contributed by atoms with Gasteiger partial charge in [-0.2, -0.15) is 0 Å². The van der Waals surface area contributed by atoms with Crippen LogP contribution in [0.2, 0.25) is 0 Å². The van der Waals surface area contributed by atoms with Gasteiger partial charge >= 0.3 is 12.1 Å². The Morgan fingerprint density at radius 1 is 1.16 bits per heavy atom. The predicted molar refractivity (Wildman–Crippen MR) is 68.3 cm³/mol. The van der Waals surface area contributed by atoms with Crippen molar-refractivity contribution in [2.24, 2.45) is 0 Å². The van der Waals surface area contributed by atoms with Crippen LogP contribution >= 0.6 is 0 Å². The molecule has 0 aliphatic carbocycles. The van der Waals surface area contributed by atoms with Crippen molar-refractivity contribution in [3.8, 4) is 0 Å². The zero-order valence-electron chi connectivity index (χ0n) is 11.0. The molecule has 104 valence electrons. The quantitative estimate of drug-likeness (QED) is 0.760. The van der Waals surface area contributed by atoms with E-state index in [0.717, 1.165) is 4.57 Å². The van der Waals surface area contributed by atoms with Gasteiger partial charge in [-0.3, -0.25) is 4.79 Å². The lowest BCUT2D eigenvalue weighted by Gasteiger charge is -2.07. The molecule has 0 saturated carbocycles. The average molecular weight is 267 g/mol. The predicted octanol–water partition coefficient (Wildman–Crippen LogP) is 1.81. The second-order valence-electron chi connectivity index (χ2n) is 3.85. The summed E-state index contributed by atoms with van der Waals surface area (Å²) in [6.45, 7) is 4.14. The summed E-state index contributed by atoms with van der Waals surface area (Å²) in [6, 6.07) is 2.75. The maximum atomic E-state index is 11.9. The highest BCUT2D eigenvalue weighted by Crippen LogP contribution is 1.98. The molecule has 0 atom stereocenters. The maximum Gasteiger partial charge on any atom is 0.420 e. The lowest BCUT2D eigenvalue weighted by molar-refractivity contribution is 0.0502. The Hall–Kier alpha value is -2.11. The molecular formula is C13H17NO5. The van der Waals surface area contributed by atoms with Crippen LogP contribution in [0.3, 0.4) is 0 Å². The first-order chi connectivity index (χ1) is 9.11.